The number of anilines is 1. The summed E-state index contributed by atoms with van der Waals surface area (Å²) in [6.45, 7) is 3.07. The maximum absolute atomic E-state index is 11.7. The Morgan fingerprint density at radius 1 is 1.15 bits per heavy atom. The Morgan fingerprint density at radius 3 is 2.55 bits per heavy atom. The first-order valence-electron chi connectivity index (χ1n) is 6.96. The quantitative estimate of drug-likeness (QED) is 0.805. The van der Waals surface area contributed by atoms with Crippen molar-refractivity contribution < 1.29 is 8.42 Å². The van der Waals surface area contributed by atoms with Crippen molar-refractivity contribution in [2.75, 3.05) is 37.3 Å². The molecule has 3 heterocycles. The number of sulfonamides is 1. The fourth-order valence-electron chi connectivity index (χ4n) is 3.34. The second kappa shape index (κ2) is 4.96. The van der Waals surface area contributed by atoms with E-state index in [0.717, 1.165) is 38.3 Å². The van der Waals surface area contributed by atoms with E-state index in [9.17, 15) is 8.42 Å². The van der Waals surface area contributed by atoms with Gasteiger partial charge in [-0.05, 0) is 25.3 Å². The summed E-state index contributed by atoms with van der Waals surface area (Å²) in [6, 6.07) is 1.81. The van der Waals surface area contributed by atoms with Crippen molar-refractivity contribution in [3.63, 3.8) is 0 Å². The second-order valence-electron chi connectivity index (χ2n) is 5.92. The summed E-state index contributed by atoms with van der Waals surface area (Å²) in [4.78, 5) is 10.8. The van der Waals surface area contributed by atoms with Gasteiger partial charge in [0.2, 0.25) is 16.0 Å². The van der Waals surface area contributed by atoms with Crippen LogP contribution in [0.2, 0.25) is 0 Å². The fourth-order valence-corrected chi connectivity index (χ4v) is 4.27. The molecule has 0 aromatic carbocycles. The van der Waals surface area contributed by atoms with E-state index in [-0.39, 0.29) is 5.41 Å². The third-order valence-electron chi connectivity index (χ3n) is 4.37. The molecule has 7 heteroatoms. The van der Waals surface area contributed by atoms with Crippen LogP contribution in [-0.2, 0) is 10.0 Å². The van der Waals surface area contributed by atoms with Gasteiger partial charge in [0.1, 0.15) is 0 Å². The SMILES string of the molecule is CS(=O)(=O)N1CC[C@]2(CCCN(c3ncccn3)C2)C1. The van der Waals surface area contributed by atoms with E-state index in [1.165, 1.54) is 6.26 Å². The Labute approximate surface area is 119 Å². The van der Waals surface area contributed by atoms with Crippen molar-refractivity contribution in [3.8, 4) is 0 Å². The number of hydrogen-bond donors (Lipinski definition) is 0. The van der Waals surface area contributed by atoms with Crippen molar-refractivity contribution in [1.29, 1.82) is 0 Å². The lowest BCUT2D eigenvalue weighted by atomic mass is 9.79. The predicted octanol–water partition coefficient (Wildman–Crippen LogP) is 0.728. The molecule has 0 radical (unpaired) electrons. The standard InChI is InChI=1S/C13H20N4O2S/c1-20(18,19)17-9-5-13(11-17)4-2-8-16(10-13)12-14-6-3-7-15-12/h3,6-7H,2,4-5,8-11H2,1H3/t13-/m0/s1. The van der Waals surface area contributed by atoms with E-state index in [4.69, 9.17) is 0 Å². The van der Waals surface area contributed by atoms with E-state index in [1.807, 2.05) is 6.07 Å². The lowest BCUT2D eigenvalue weighted by Gasteiger charge is -2.40. The maximum atomic E-state index is 11.7. The third kappa shape index (κ3) is 2.64. The molecule has 0 amide bonds. The minimum atomic E-state index is -3.08. The monoisotopic (exact) mass is 296 g/mol. The molecule has 1 atom stereocenters. The van der Waals surface area contributed by atoms with E-state index in [0.29, 0.717) is 13.1 Å². The van der Waals surface area contributed by atoms with Crippen LogP contribution in [0.3, 0.4) is 0 Å². The van der Waals surface area contributed by atoms with E-state index in [2.05, 4.69) is 14.9 Å². The molecule has 0 N–H and O–H groups in total. The Morgan fingerprint density at radius 2 is 1.90 bits per heavy atom. The van der Waals surface area contributed by atoms with Crippen LogP contribution in [0.4, 0.5) is 5.95 Å². The van der Waals surface area contributed by atoms with Gasteiger partial charge in [0, 0.05) is 44.0 Å². The van der Waals surface area contributed by atoms with Crippen molar-refractivity contribution in [3.05, 3.63) is 18.5 Å². The van der Waals surface area contributed by atoms with Gasteiger partial charge in [-0.2, -0.15) is 0 Å². The highest BCUT2D eigenvalue weighted by Crippen LogP contribution is 2.40. The van der Waals surface area contributed by atoms with Crippen molar-refractivity contribution in [2.45, 2.75) is 19.3 Å². The fraction of sp³-hybridized carbons (Fsp3) is 0.692. The number of nitrogens with zero attached hydrogens (tertiary/aromatic N) is 4. The van der Waals surface area contributed by atoms with Crippen LogP contribution in [0.25, 0.3) is 0 Å². The van der Waals surface area contributed by atoms with E-state index < -0.39 is 10.0 Å². The highest BCUT2D eigenvalue weighted by atomic mass is 32.2. The van der Waals surface area contributed by atoms with Gasteiger partial charge in [-0.25, -0.2) is 22.7 Å². The minimum absolute atomic E-state index is 0.0700. The average Bonchev–Trinajstić information content (AvgIpc) is 2.84. The third-order valence-corrected chi connectivity index (χ3v) is 5.62. The Kier molecular flexibility index (Phi) is 3.41. The van der Waals surface area contributed by atoms with Gasteiger partial charge in [-0.1, -0.05) is 0 Å². The summed E-state index contributed by atoms with van der Waals surface area (Å²) in [5.41, 5.74) is 0.0700. The Balaban J connectivity index is 1.76. The summed E-state index contributed by atoms with van der Waals surface area (Å²) in [5.74, 6) is 0.754. The van der Waals surface area contributed by atoms with Crippen LogP contribution in [0.15, 0.2) is 18.5 Å². The molecule has 0 bridgehead atoms. The van der Waals surface area contributed by atoms with Gasteiger partial charge in [-0.3, -0.25) is 0 Å². The smallest absolute Gasteiger partial charge is 0.225 e. The van der Waals surface area contributed by atoms with Gasteiger partial charge < -0.3 is 4.90 Å². The molecule has 2 aliphatic rings. The molecule has 20 heavy (non-hydrogen) atoms. The summed E-state index contributed by atoms with van der Waals surface area (Å²) >= 11 is 0. The topological polar surface area (TPSA) is 66.4 Å². The summed E-state index contributed by atoms with van der Waals surface area (Å²) in [7, 11) is -3.08. The zero-order chi connectivity index (χ0) is 14.2. The van der Waals surface area contributed by atoms with Crippen molar-refractivity contribution >= 4 is 16.0 Å². The van der Waals surface area contributed by atoms with Gasteiger partial charge >= 0.3 is 0 Å². The lowest BCUT2D eigenvalue weighted by molar-refractivity contribution is 0.246. The largest absolute Gasteiger partial charge is 0.340 e. The first-order valence-corrected chi connectivity index (χ1v) is 8.81. The molecule has 2 aliphatic heterocycles. The average molecular weight is 296 g/mol. The molecule has 1 spiro atoms. The van der Waals surface area contributed by atoms with Gasteiger partial charge in [0.15, 0.2) is 0 Å². The van der Waals surface area contributed by atoms with Gasteiger partial charge in [0.25, 0.3) is 0 Å². The van der Waals surface area contributed by atoms with Crippen LogP contribution in [0.1, 0.15) is 19.3 Å². The summed E-state index contributed by atoms with van der Waals surface area (Å²) in [6.07, 6.45) is 7.89. The molecule has 3 rings (SSSR count). The predicted molar refractivity (Wildman–Crippen MR) is 76.9 cm³/mol. The molecule has 0 saturated carbocycles. The number of rotatable bonds is 2. The number of piperidine rings is 1. The molecular weight excluding hydrogens is 276 g/mol. The molecule has 0 unspecified atom stereocenters. The zero-order valence-electron chi connectivity index (χ0n) is 11.7. The minimum Gasteiger partial charge on any atom is -0.340 e. The molecule has 1 aromatic heterocycles. The van der Waals surface area contributed by atoms with Gasteiger partial charge in [0.05, 0.1) is 6.26 Å². The van der Waals surface area contributed by atoms with Crippen LogP contribution in [-0.4, -0.2) is 55.1 Å². The van der Waals surface area contributed by atoms with Crippen LogP contribution < -0.4 is 4.90 Å². The normalized spacial score (nSPS) is 28.1. The molecule has 110 valence electrons. The van der Waals surface area contributed by atoms with E-state index in [1.54, 1.807) is 16.7 Å². The molecule has 2 saturated heterocycles. The highest BCUT2D eigenvalue weighted by Gasteiger charge is 2.44. The first kappa shape index (κ1) is 13.8. The molecular formula is C13H20N4O2S. The Bertz CT molecular complexity index is 577. The van der Waals surface area contributed by atoms with E-state index >= 15 is 0 Å². The van der Waals surface area contributed by atoms with Crippen LogP contribution in [0, 0.1) is 5.41 Å². The lowest BCUT2D eigenvalue weighted by Crippen LogP contribution is -2.46. The maximum Gasteiger partial charge on any atom is 0.225 e. The number of hydrogen-bond acceptors (Lipinski definition) is 5. The molecule has 2 fully saturated rings. The van der Waals surface area contributed by atoms with Crippen molar-refractivity contribution in [2.24, 2.45) is 5.41 Å². The first-order chi connectivity index (χ1) is 9.49. The van der Waals surface area contributed by atoms with Crippen LogP contribution in [0.5, 0.6) is 0 Å². The number of aromatic nitrogens is 2. The summed E-state index contributed by atoms with van der Waals surface area (Å²) in [5, 5.41) is 0. The molecule has 0 aliphatic carbocycles. The zero-order valence-corrected chi connectivity index (χ0v) is 12.5. The summed E-state index contributed by atoms with van der Waals surface area (Å²) < 4.78 is 25.0. The Hall–Kier alpha value is -1.21. The van der Waals surface area contributed by atoms with Crippen LogP contribution >= 0.6 is 0 Å². The molecule has 1 aromatic rings. The second-order valence-corrected chi connectivity index (χ2v) is 7.90. The molecule has 6 nitrogen and oxygen atoms in total. The van der Waals surface area contributed by atoms with Crippen molar-refractivity contribution in [1.82, 2.24) is 14.3 Å². The van der Waals surface area contributed by atoms with Gasteiger partial charge in [-0.15, -0.1) is 0 Å². The highest BCUT2D eigenvalue weighted by molar-refractivity contribution is 7.88.